The molecule has 2 aromatic carbocycles. The monoisotopic (exact) mass is 288 g/mol. The van der Waals surface area contributed by atoms with E-state index in [2.05, 4.69) is 34.7 Å². The molecule has 0 unspecified atom stereocenters. The van der Waals surface area contributed by atoms with Crippen LogP contribution in [0.5, 0.6) is 0 Å². The van der Waals surface area contributed by atoms with Crippen molar-refractivity contribution in [1.29, 1.82) is 0 Å². The number of aromatic amines is 1. The molecule has 0 atom stereocenters. The van der Waals surface area contributed by atoms with Crippen LogP contribution >= 0.6 is 23.8 Å². The number of nitrogens with one attached hydrogen (secondary N) is 1. The minimum atomic E-state index is 0.715. The predicted molar refractivity (Wildman–Crippen MR) is 82.4 cm³/mol. The van der Waals surface area contributed by atoms with Gasteiger partial charge in [0.05, 0.1) is 17.6 Å². The zero-order valence-electron chi connectivity index (χ0n) is 10.5. The van der Waals surface area contributed by atoms with Crippen LogP contribution in [0.3, 0.4) is 0 Å². The van der Waals surface area contributed by atoms with Gasteiger partial charge in [0.25, 0.3) is 0 Å². The molecule has 3 aromatic rings. The maximum absolute atomic E-state index is 6.00. The molecular weight excluding hydrogens is 276 g/mol. The maximum atomic E-state index is 6.00. The van der Waals surface area contributed by atoms with E-state index in [0.29, 0.717) is 5.02 Å². The summed E-state index contributed by atoms with van der Waals surface area (Å²) in [6.45, 7) is 2.89. The summed E-state index contributed by atoms with van der Waals surface area (Å²) in [5.41, 5.74) is 4.60. The number of imidazole rings is 1. The Kier molecular flexibility index (Phi) is 3.17. The van der Waals surface area contributed by atoms with Crippen LogP contribution in [0.15, 0.2) is 42.5 Å². The molecule has 0 aliphatic carbocycles. The summed E-state index contributed by atoms with van der Waals surface area (Å²) < 4.78 is 2.82. The fourth-order valence-electron chi connectivity index (χ4n) is 2.25. The van der Waals surface area contributed by atoms with Crippen molar-refractivity contribution in [1.82, 2.24) is 9.55 Å². The number of aromatic nitrogens is 2. The summed E-state index contributed by atoms with van der Waals surface area (Å²) in [6, 6.07) is 14.1. The second-order valence-corrected chi connectivity index (χ2v) is 5.43. The summed E-state index contributed by atoms with van der Waals surface area (Å²) in [7, 11) is 0. The van der Waals surface area contributed by atoms with Crippen LogP contribution in [-0.4, -0.2) is 9.55 Å². The molecule has 4 heteroatoms. The lowest BCUT2D eigenvalue weighted by Gasteiger charge is -2.07. The number of halogens is 1. The second-order valence-electron chi connectivity index (χ2n) is 4.60. The van der Waals surface area contributed by atoms with Gasteiger partial charge in [0, 0.05) is 5.02 Å². The Bertz CT molecular complexity index is 801. The molecule has 2 nitrogen and oxygen atoms in total. The van der Waals surface area contributed by atoms with E-state index >= 15 is 0 Å². The molecule has 0 bridgehead atoms. The smallest absolute Gasteiger partial charge is 0.178 e. The molecule has 96 valence electrons. The fourth-order valence-corrected chi connectivity index (χ4v) is 2.70. The second kappa shape index (κ2) is 4.83. The van der Waals surface area contributed by atoms with Crippen molar-refractivity contribution in [2.24, 2.45) is 0 Å². The third-order valence-electron chi connectivity index (χ3n) is 3.33. The van der Waals surface area contributed by atoms with Crippen LogP contribution in [0.4, 0.5) is 0 Å². The van der Waals surface area contributed by atoms with Crippen molar-refractivity contribution >= 4 is 34.9 Å². The van der Waals surface area contributed by atoms with E-state index < -0.39 is 0 Å². The first kappa shape index (κ1) is 12.5. The number of hydrogen-bond acceptors (Lipinski definition) is 1. The van der Waals surface area contributed by atoms with E-state index in [1.807, 2.05) is 24.3 Å². The zero-order chi connectivity index (χ0) is 13.4. The minimum Gasteiger partial charge on any atom is -0.331 e. The van der Waals surface area contributed by atoms with Gasteiger partial charge in [-0.2, -0.15) is 0 Å². The highest BCUT2D eigenvalue weighted by atomic mass is 35.5. The number of nitrogens with zero attached hydrogens (tertiary/aromatic N) is 1. The fraction of sp³-hybridized carbons (Fsp3) is 0.133. The van der Waals surface area contributed by atoms with Crippen molar-refractivity contribution in [2.45, 2.75) is 13.5 Å². The Morgan fingerprint density at radius 2 is 2.00 bits per heavy atom. The SMILES string of the molecule is Cc1ccccc1Cn1c(=S)[nH]c2cc(Cl)ccc21. The van der Waals surface area contributed by atoms with Gasteiger partial charge in [-0.25, -0.2) is 0 Å². The van der Waals surface area contributed by atoms with E-state index in [9.17, 15) is 0 Å². The first-order chi connectivity index (χ1) is 9.15. The van der Waals surface area contributed by atoms with Gasteiger partial charge < -0.3 is 9.55 Å². The van der Waals surface area contributed by atoms with E-state index in [0.717, 1.165) is 22.3 Å². The normalized spacial score (nSPS) is 11.1. The average molecular weight is 289 g/mol. The lowest BCUT2D eigenvalue weighted by atomic mass is 10.1. The maximum Gasteiger partial charge on any atom is 0.178 e. The van der Waals surface area contributed by atoms with Crippen LogP contribution < -0.4 is 0 Å². The van der Waals surface area contributed by atoms with E-state index in [1.165, 1.54) is 11.1 Å². The Balaban J connectivity index is 2.13. The number of benzene rings is 2. The number of H-pyrrole nitrogens is 1. The van der Waals surface area contributed by atoms with Gasteiger partial charge in [0.1, 0.15) is 0 Å². The summed E-state index contributed by atoms with van der Waals surface area (Å²) in [6.07, 6.45) is 0. The molecular formula is C15H13ClN2S. The number of hydrogen-bond donors (Lipinski definition) is 1. The van der Waals surface area contributed by atoms with Crippen molar-refractivity contribution in [2.75, 3.05) is 0 Å². The average Bonchev–Trinajstić information content (AvgIpc) is 2.68. The zero-order valence-corrected chi connectivity index (χ0v) is 12.1. The van der Waals surface area contributed by atoms with E-state index in [-0.39, 0.29) is 0 Å². The van der Waals surface area contributed by atoms with Gasteiger partial charge >= 0.3 is 0 Å². The lowest BCUT2D eigenvalue weighted by molar-refractivity contribution is 0.805. The topological polar surface area (TPSA) is 20.7 Å². The van der Waals surface area contributed by atoms with Gasteiger partial charge in [-0.3, -0.25) is 0 Å². The highest BCUT2D eigenvalue weighted by Gasteiger charge is 2.06. The van der Waals surface area contributed by atoms with E-state index in [1.54, 1.807) is 0 Å². The van der Waals surface area contributed by atoms with Crippen LogP contribution in [-0.2, 0) is 6.54 Å². The first-order valence-electron chi connectivity index (χ1n) is 6.08. The van der Waals surface area contributed by atoms with Gasteiger partial charge in [0.2, 0.25) is 0 Å². The van der Waals surface area contributed by atoms with Gasteiger partial charge in [-0.15, -0.1) is 0 Å². The van der Waals surface area contributed by atoms with Crippen molar-refractivity contribution in [3.63, 3.8) is 0 Å². The predicted octanol–water partition coefficient (Wildman–Crippen LogP) is 4.71. The van der Waals surface area contributed by atoms with E-state index in [4.69, 9.17) is 23.8 Å². The van der Waals surface area contributed by atoms with Gasteiger partial charge in [0.15, 0.2) is 4.77 Å². The Morgan fingerprint density at radius 3 is 2.79 bits per heavy atom. The highest BCUT2D eigenvalue weighted by Crippen LogP contribution is 2.20. The molecule has 3 rings (SSSR count). The molecule has 0 radical (unpaired) electrons. The highest BCUT2D eigenvalue weighted by molar-refractivity contribution is 7.71. The first-order valence-corrected chi connectivity index (χ1v) is 6.86. The molecule has 1 N–H and O–H groups in total. The Labute approximate surface area is 121 Å². The van der Waals surface area contributed by atoms with Crippen LogP contribution in [0, 0.1) is 11.7 Å². The molecule has 0 saturated carbocycles. The molecule has 1 heterocycles. The van der Waals surface area contributed by atoms with Crippen LogP contribution in [0.2, 0.25) is 5.02 Å². The largest absolute Gasteiger partial charge is 0.331 e. The molecule has 19 heavy (non-hydrogen) atoms. The quantitative estimate of drug-likeness (QED) is 0.677. The molecule has 0 fully saturated rings. The third-order valence-corrected chi connectivity index (χ3v) is 3.88. The number of aryl methyl sites for hydroxylation is 1. The van der Waals surface area contributed by atoms with Gasteiger partial charge in [-0.05, 0) is 48.5 Å². The summed E-state index contributed by atoms with van der Waals surface area (Å²) in [4.78, 5) is 3.20. The minimum absolute atomic E-state index is 0.715. The lowest BCUT2D eigenvalue weighted by Crippen LogP contribution is -2.01. The van der Waals surface area contributed by atoms with Crippen molar-refractivity contribution in [3.8, 4) is 0 Å². The standard InChI is InChI=1S/C15H13ClN2S/c1-10-4-2-3-5-11(10)9-18-14-7-6-12(16)8-13(14)17-15(18)19/h2-8H,9H2,1H3,(H,17,19). The summed E-state index contributed by atoms with van der Waals surface area (Å²) >= 11 is 11.4. The molecule has 0 aliphatic heterocycles. The van der Waals surface area contributed by atoms with Crippen molar-refractivity contribution < 1.29 is 0 Å². The van der Waals surface area contributed by atoms with Gasteiger partial charge in [-0.1, -0.05) is 35.9 Å². The Hall–Kier alpha value is -1.58. The number of rotatable bonds is 2. The molecule has 0 saturated heterocycles. The van der Waals surface area contributed by atoms with Crippen LogP contribution in [0.25, 0.3) is 11.0 Å². The molecule has 0 amide bonds. The molecule has 1 aromatic heterocycles. The van der Waals surface area contributed by atoms with Crippen LogP contribution in [0.1, 0.15) is 11.1 Å². The Morgan fingerprint density at radius 1 is 1.21 bits per heavy atom. The summed E-state index contributed by atoms with van der Waals surface area (Å²) in [5.74, 6) is 0. The van der Waals surface area contributed by atoms with Crippen molar-refractivity contribution in [3.05, 3.63) is 63.4 Å². The number of fused-ring (bicyclic) bond motifs is 1. The molecule has 0 spiro atoms. The molecule has 0 aliphatic rings. The third kappa shape index (κ3) is 2.31. The summed E-state index contributed by atoms with van der Waals surface area (Å²) in [5, 5.41) is 0.715.